The molecule has 1 amide bonds. The highest BCUT2D eigenvalue weighted by Gasteiger charge is 2.30. The lowest BCUT2D eigenvalue weighted by atomic mass is 10.1. The number of hydrogen-bond acceptors (Lipinski definition) is 3. The van der Waals surface area contributed by atoms with Gasteiger partial charge in [0.1, 0.15) is 0 Å². The van der Waals surface area contributed by atoms with Crippen LogP contribution in [0.25, 0.3) is 0 Å². The fraction of sp³-hybridized carbons (Fsp3) is 0.200. The molecule has 7 heteroatoms. The highest BCUT2D eigenvalue weighted by molar-refractivity contribution is 5.95. The predicted octanol–water partition coefficient (Wildman–Crippen LogP) is 0.185. The number of carboxylic acid groups (broad SMARTS) is 1. The minimum Gasteiger partial charge on any atom is -0.548 e. The standard InChI is InChI=1S/C10H8F3NO3/c11-10(12,13)7-3-1-6(2-4-7)9(17)14-5-8(15)16/h1-4H,5H2,(H,14,17)(H,15,16)/p-1. The molecule has 0 fully saturated rings. The first-order valence-electron chi connectivity index (χ1n) is 4.46. The van der Waals surface area contributed by atoms with Crippen molar-refractivity contribution in [3.8, 4) is 0 Å². The second-order valence-corrected chi connectivity index (χ2v) is 3.13. The Kier molecular flexibility index (Phi) is 3.72. The van der Waals surface area contributed by atoms with Crippen LogP contribution >= 0.6 is 0 Å². The second kappa shape index (κ2) is 4.86. The average Bonchev–Trinajstić information content (AvgIpc) is 2.25. The highest BCUT2D eigenvalue weighted by atomic mass is 19.4. The van der Waals surface area contributed by atoms with Crippen LogP contribution in [0.1, 0.15) is 15.9 Å². The van der Waals surface area contributed by atoms with Crippen LogP contribution in [0.5, 0.6) is 0 Å². The average molecular weight is 246 g/mol. The molecule has 0 spiro atoms. The number of alkyl halides is 3. The number of rotatable bonds is 3. The van der Waals surface area contributed by atoms with Crippen molar-refractivity contribution in [1.82, 2.24) is 5.32 Å². The molecule has 0 saturated carbocycles. The van der Waals surface area contributed by atoms with Gasteiger partial charge in [-0.3, -0.25) is 4.79 Å². The summed E-state index contributed by atoms with van der Waals surface area (Å²) in [4.78, 5) is 21.3. The number of carboxylic acids is 1. The van der Waals surface area contributed by atoms with Crippen molar-refractivity contribution >= 4 is 11.9 Å². The molecular formula is C10H7F3NO3-. The zero-order valence-corrected chi connectivity index (χ0v) is 8.38. The van der Waals surface area contributed by atoms with E-state index in [0.29, 0.717) is 0 Å². The van der Waals surface area contributed by atoms with Crippen molar-refractivity contribution < 1.29 is 27.9 Å². The van der Waals surface area contributed by atoms with Crippen LogP contribution in [-0.2, 0) is 11.0 Å². The monoisotopic (exact) mass is 246 g/mol. The van der Waals surface area contributed by atoms with Crippen LogP contribution in [-0.4, -0.2) is 18.4 Å². The van der Waals surface area contributed by atoms with Gasteiger partial charge in [-0.15, -0.1) is 0 Å². The van der Waals surface area contributed by atoms with Crippen LogP contribution in [0.4, 0.5) is 13.2 Å². The molecule has 0 aliphatic carbocycles. The van der Waals surface area contributed by atoms with Crippen molar-refractivity contribution in [1.29, 1.82) is 0 Å². The predicted molar refractivity (Wildman–Crippen MR) is 48.8 cm³/mol. The number of nitrogens with one attached hydrogen (secondary N) is 1. The molecule has 1 aromatic carbocycles. The molecule has 0 atom stereocenters. The molecule has 4 nitrogen and oxygen atoms in total. The van der Waals surface area contributed by atoms with E-state index in [-0.39, 0.29) is 5.56 Å². The van der Waals surface area contributed by atoms with Gasteiger partial charge in [-0.1, -0.05) is 0 Å². The molecule has 1 N–H and O–H groups in total. The summed E-state index contributed by atoms with van der Waals surface area (Å²) in [5.74, 6) is -2.26. The van der Waals surface area contributed by atoms with E-state index in [4.69, 9.17) is 0 Å². The maximum Gasteiger partial charge on any atom is 0.416 e. The molecule has 0 bridgehead atoms. The van der Waals surface area contributed by atoms with E-state index in [0.717, 1.165) is 24.3 Å². The topological polar surface area (TPSA) is 69.2 Å². The normalized spacial score (nSPS) is 11.0. The van der Waals surface area contributed by atoms with Crippen molar-refractivity contribution in [2.24, 2.45) is 0 Å². The van der Waals surface area contributed by atoms with E-state index >= 15 is 0 Å². The van der Waals surface area contributed by atoms with Crippen LogP contribution in [0.2, 0.25) is 0 Å². The first kappa shape index (κ1) is 13.0. The van der Waals surface area contributed by atoms with Gasteiger partial charge in [0.2, 0.25) is 0 Å². The Morgan fingerprint density at radius 2 is 1.71 bits per heavy atom. The third-order valence-electron chi connectivity index (χ3n) is 1.87. The Morgan fingerprint density at radius 1 is 1.18 bits per heavy atom. The Balaban J connectivity index is 2.74. The minimum atomic E-state index is -4.47. The lowest BCUT2D eigenvalue weighted by Crippen LogP contribution is -2.37. The Morgan fingerprint density at radius 3 is 2.12 bits per heavy atom. The van der Waals surface area contributed by atoms with Crippen molar-refractivity contribution in [2.75, 3.05) is 6.54 Å². The third kappa shape index (κ3) is 3.78. The zero-order valence-electron chi connectivity index (χ0n) is 8.38. The molecule has 0 aromatic heterocycles. The third-order valence-corrected chi connectivity index (χ3v) is 1.87. The quantitative estimate of drug-likeness (QED) is 0.827. The van der Waals surface area contributed by atoms with Gasteiger partial charge in [0.15, 0.2) is 0 Å². The smallest absolute Gasteiger partial charge is 0.416 e. The van der Waals surface area contributed by atoms with E-state index in [1.54, 1.807) is 0 Å². The molecule has 17 heavy (non-hydrogen) atoms. The lowest BCUT2D eigenvalue weighted by molar-refractivity contribution is -0.303. The zero-order chi connectivity index (χ0) is 13.1. The number of carbonyl (C=O) groups excluding carboxylic acids is 2. The van der Waals surface area contributed by atoms with E-state index in [2.05, 4.69) is 0 Å². The van der Waals surface area contributed by atoms with Crippen LogP contribution in [0.15, 0.2) is 24.3 Å². The van der Waals surface area contributed by atoms with Crippen molar-refractivity contribution in [2.45, 2.75) is 6.18 Å². The Hall–Kier alpha value is -2.05. The van der Waals surface area contributed by atoms with Gasteiger partial charge in [0.05, 0.1) is 18.1 Å². The van der Waals surface area contributed by atoms with Crippen molar-refractivity contribution in [3.63, 3.8) is 0 Å². The molecule has 1 rings (SSSR count). The number of halogens is 3. The molecule has 0 unspecified atom stereocenters. The summed E-state index contributed by atoms with van der Waals surface area (Å²) in [7, 11) is 0. The first-order valence-corrected chi connectivity index (χ1v) is 4.46. The number of benzene rings is 1. The lowest BCUT2D eigenvalue weighted by Gasteiger charge is -2.08. The van der Waals surface area contributed by atoms with E-state index in [1.165, 1.54) is 0 Å². The van der Waals surface area contributed by atoms with Gasteiger partial charge in [-0.2, -0.15) is 13.2 Å². The van der Waals surface area contributed by atoms with Crippen LogP contribution in [0, 0.1) is 0 Å². The number of hydrogen-bond donors (Lipinski definition) is 1. The summed E-state index contributed by atoms with van der Waals surface area (Å²) in [6, 6.07) is 3.42. The number of aliphatic carboxylic acids is 1. The number of amides is 1. The Bertz CT molecular complexity index is 425. The summed E-state index contributed by atoms with van der Waals surface area (Å²) in [5, 5.41) is 12.0. The SMILES string of the molecule is O=C([O-])CNC(=O)c1ccc(C(F)(F)F)cc1. The second-order valence-electron chi connectivity index (χ2n) is 3.13. The molecular weight excluding hydrogens is 239 g/mol. The summed E-state index contributed by atoms with van der Waals surface area (Å²) in [6.07, 6.45) is -4.47. The van der Waals surface area contributed by atoms with Gasteiger partial charge in [-0.25, -0.2) is 0 Å². The van der Waals surface area contributed by atoms with Crippen molar-refractivity contribution in [3.05, 3.63) is 35.4 Å². The first-order chi connectivity index (χ1) is 7.80. The van der Waals surface area contributed by atoms with Gasteiger partial charge >= 0.3 is 6.18 Å². The summed E-state index contributed by atoms with van der Waals surface area (Å²) < 4.78 is 36.6. The van der Waals surface area contributed by atoms with Crippen LogP contribution in [0.3, 0.4) is 0 Å². The largest absolute Gasteiger partial charge is 0.548 e. The summed E-state index contributed by atoms with van der Waals surface area (Å²) in [6.45, 7) is -0.695. The summed E-state index contributed by atoms with van der Waals surface area (Å²) >= 11 is 0. The maximum absolute atomic E-state index is 12.2. The van der Waals surface area contributed by atoms with Gasteiger partial charge in [0.25, 0.3) is 5.91 Å². The van der Waals surface area contributed by atoms with E-state index in [9.17, 15) is 27.9 Å². The Labute approximate surface area is 94.1 Å². The fourth-order valence-electron chi connectivity index (χ4n) is 1.07. The molecule has 1 aromatic rings. The molecule has 0 heterocycles. The summed E-state index contributed by atoms with van der Waals surface area (Å²) in [5.41, 5.74) is -0.937. The van der Waals surface area contributed by atoms with Crippen LogP contribution < -0.4 is 10.4 Å². The van der Waals surface area contributed by atoms with Gasteiger partial charge < -0.3 is 15.2 Å². The number of carbonyl (C=O) groups is 2. The molecule has 0 aliphatic rings. The minimum absolute atomic E-state index is 0.0563. The molecule has 92 valence electrons. The van der Waals surface area contributed by atoms with Gasteiger partial charge in [0, 0.05) is 5.56 Å². The van der Waals surface area contributed by atoms with Gasteiger partial charge in [-0.05, 0) is 24.3 Å². The highest BCUT2D eigenvalue weighted by Crippen LogP contribution is 2.28. The fourth-order valence-corrected chi connectivity index (χ4v) is 1.07. The molecule has 0 saturated heterocycles. The van der Waals surface area contributed by atoms with E-state index in [1.807, 2.05) is 5.32 Å². The molecule has 0 radical (unpaired) electrons. The maximum atomic E-state index is 12.2. The molecule has 0 aliphatic heterocycles. The van der Waals surface area contributed by atoms with E-state index < -0.39 is 30.2 Å².